The number of hydrogen-bond donors (Lipinski definition) is 2. The summed E-state index contributed by atoms with van der Waals surface area (Å²) in [5, 5.41) is 5.50. The summed E-state index contributed by atoms with van der Waals surface area (Å²) in [6, 6.07) is 7.68. The van der Waals surface area contributed by atoms with Crippen molar-refractivity contribution in [2.75, 3.05) is 18.6 Å². The third-order valence-corrected chi connectivity index (χ3v) is 5.54. The molecule has 148 valence electrons. The van der Waals surface area contributed by atoms with Crippen molar-refractivity contribution in [1.29, 1.82) is 0 Å². The zero-order valence-corrected chi connectivity index (χ0v) is 16.6. The highest BCUT2D eigenvalue weighted by Gasteiger charge is 2.22. The number of carbonyl (C=O) groups excluding carboxylic acids is 2. The minimum Gasteiger partial charge on any atom is -0.354 e. The first-order valence-electron chi connectivity index (χ1n) is 9.34. The molecule has 1 aliphatic carbocycles. The molecular weight excluding hydrogens is 364 g/mol. The lowest BCUT2D eigenvalue weighted by Crippen LogP contribution is -2.47. The molecule has 2 amide bonds. The summed E-state index contributed by atoms with van der Waals surface area (Å²) in [7, 11) is -3.23. The molecule has 0 saturated heterocycles. The molecule has 0 radical (unpaired) electrons. The Morgan fingerprint density at radius 3 is 2.52 bits per heavy atom. The van der Waals surface area contributed by atoms with Crippen LogP contribution in [0.4, 0.5) is 0 Å². The van der Waals surface area contributed by atoms with E-state index in [1.54, 1.807) is 30.3 Å². The van der Waals surface area contributed by atoms with Crippen molar-refractivity contribution >= 4 is 21.7 Å². The van der Waals surface area contributed by atoms with Crippen molar-refractivity contribution in [2.45, 2.75) is 44.6 Å². The Balaban J connectivity index is 1.94. The molecular formula is C20H28N2O4S. The molecule has 0 bridgehead atoms. The third kappa shape index (κ3) is 7.95. The van der Waals surface area contributed by atoms with Crippen LogP contribution in [0.5, 0.6) is 0 Å². The van der Waals surface area contributed by atoms with Crippen molar-refractivity contribution in [2.24, 2.45) is 0 Å². The van der Waals surface area contributed by atoms with Gasteiger partial charge in [0.05, 0.1) is 5.75 Å². The molecule has 0 saturated carbocycles. The van der Waals surface area contributed by atoms with Gasteiger partial charge in [-0.25, -0.2) is 8.42 Å². The van der Waals surface area contributed by atoms with Crippen LogP contribution in [-0.4, -0.2) is 44.8 Å². The minimum absolute atomic E-state index is 0.0476. The number of rotatable bonds is 9. The first-order valence-corrected chi connectivity index (χ1v) is 11.4. The Labute approximate surface area is 161 Å². The predicted octanol–water partition coefficient (Wildman–Crippen LogP) is 2.23. The quantitative estimate of drug-likeness (QED) is 0.630. The average Bonchev–Trinajstić information content (AvgIpc) is 2.65. The van der Waals surface area contributed by atoms with Gasteiger partial charge in [0, 0.05) is 18.4 Å². The molecule has 0 fully saturated rings. The van der Waals surface area contributed by atoms with E-state index in [9.17, 15) is 18.0 Å². The Morgan fingerprint density at radius 2 is 1.89 bits per heavy atom. The predicted molar refractivity (Wildman–Crippen MR) is 106 cm³/mol. The second-order valence-electron chi connectivity index (χ2n) is 6.96. The van der Waals surface area contributed by atoms with Crippen LogP contribution in [0.3, 0.4) is 0 Å². The molecule has 0 aliphatic heterocycles. The Bertz CT molecular complexity index is 772. The molecule has 2 rings (SSSR count). The molecule has 0 spiro atoms. The maximum atomic E-state index is 12.5. The molecule has 7 heteroatoms. The average molecular weight is 393 g/mol. The summed E-state index contributed by atoms with van der Waals surface area (Å²) in [6.07, 6.45) is 8.75. The van der Waals surface area contributed by atoms with Gasteiger partial charge in [-0.2, -0.15) is 0 Å². The highest BCUT2D eigenvalue weighted by atomic mass is 32.2. The Hall–Kier alpha value is -2.15. The van der Waals surface area contributed by atoms with Gasteiger partial charge in [-0.15, -0.1) is 0 Å². The largest absolute Gasteiger partial charge is 0.354 e. The van der Waals surface area contributed by atoms with E-state index >= 15 is 0 Å². The van der Waals surface area contributed by atoms with Crippen LogP contribution in [0.1, 0.15) is 48.9 Å². The van der Waals surface area contributed by atoms with Gasteiger partial charge in [-0.3, -0.25) is 9.59 Å². The van der Waals surface area contributed by atoms with Crippen molar-refractivity contribution in [3.8, 4) is 0 Å². The number of sulfone groups is 1. The van der Waals surface area contributed by atoms with E-state index in [1.807, 2.05) is 0 Å². The zero-order chi connectivity index (χ0) is 19.7. The van der Waals surface area contributed by atoms with Gasteiger partial charge in [0.25, 0.3) is 5.91 Å². The van der Waals surface area contributed by atoms with Gasteiger partial charge in [0.1, 0.15) is 15.9 Å². The van der Waals surface area contributed by atoms with Crippen LogP contribution in [0.25, 0.3) is 0 Å². The summed E-state index contributed by atoms with van der Waals surface area (Å²) in [6.45, 7) is 0.487. The first-order chi connectivity index (χ1) is 12.8. The Kier molecular flexibility index (Phi) is 8.03. The highest BCUT2D eigenvalue weighted by Crippen LogP contribution is 2.19. The number of allylic oxidation sites excluding steroid dienone is 1. The molecule has 1 aromatic carbocycles. The van der Waals surface area contributed by atoms with Crippen LogP contribution in [0, 0.1) is 0 Å². The monoisotopic (exact) mass is 392 g/mol. The van der Waals surface area contributed by atoms with Crippen molar-refractivity contribution in [3.63, 3.8) is 0 Å². The first kappa shape index (κ1) is 21.2. The second-order valence-corrected chi connectivity index (χ2v) is 9.22. The van der Waals surface area contributed by atoms with E-state index in [-0.39, 0.29) is 24.0 Å². The van der Waals surface area contributed by atoms with Gasteiger partial charge in [-0.1, -0.05) is 29.8 Å². The lowest BCUT2D eigenvalue weighted by molar-refractivity contribution is -0.122. The van der Waals surface area contributed by atoms with Crippen molar-refractivity contribution < 1.29 is 18.0 Å². The molecule has 0 aromatic heterocycles. The summed E-state index contributed by atoms with van der Waals surface area (Å²) in [4.78, 5) is 24.9. The fraction of sp³-hybridized carbons (Fsp3) is 0.500. The van der Waals surface area contributed by atoms with Crippen molar-refractivity contribution in [1.82, 2.24) is 10.6 Å². The number of hydrogen-bond acceptors (Lipinski definition) is 4. The topological polar surface area (TPSA) is 92.3 Å². The van der Waals surface area contributed by atoms with Crippen LogP contribution >= 0.6 is 0 Å². The summed E-state index contributed by atoms with van der Waals surface area (Å²) in [5.74, 6) is -0.899. The molecule has 0 unspecified atom stereocenters. The third-order valence-electron chi connectivity index (χ3n) is 4.57. The highest BCUT2D eigenvalue weighted by molar-refractivity contribution is 7.90. The summed E-state index contributed by atoms with van der Waals surface area (Å²) < 4.78 is 23.0. The van der Waals surface area contributed by atoms with Gasteiger partial charge < -0.3 is 10.6 Å². The smallest absolute Gasteiger partial charge is 0.251 e. The second kappa shape index (κ2) is 10.3. The maximum Gasteiger partial charge on any atom is 0.251 e. The van der Waals surface area contributed by atoms with E-state index in [1.165, 1.54) is 18.4 Å². The van der Waals surface area contributed by atoms with Gasteiger partial charge in [-0.05, 0) is 50.7 Å². The normalized spacial score (nSPS) is 15.5. The maximum absolute atomic E-state index is 12.5. The van der Waals surface area contributed by atoms with Crippen LogP contribution in [-0.2, 0) is 14.6 Å². The number of benzene rings is 1. The standard InChI is InChI=1S/C20H28N2O4S/c1-27(25,26)15-13-18(22-19(23)17-10-6-3-7-11-17)20(24)21-14-12-16-8-4-2-5-9-16/h3,6-8,10-11,18H,2,4-5,9,12-15H2,1H3,(H,21,24)(H,22,23)/t18-/m0/s1. The lowest BCUT2D eigenvalue weighted by atomic mass is 9.97. The van der Waals surface area contributed by atoms with Gasteiger partial charge in [0.15, 0.2) is 0 Å². The van der Waals surface area contributed by atoms with Gasteiger partial charge in [0.2, 0.25) is 5.91 Å². The Morgan fingerprint density at radius 1 is 1.15 bits per heavy atom. The SMILES string of the molecule is CS(=O)(=O)CC[C@H](NC(=O)c1ccccc1)C(=O)NCCC1=CCCCC1. The molecule has 6 nitrogen and oxygen atoms in total. The molecule has 1 aromatic rings. The summed E-state index contributed by atoms with van der Waals surface area (Å²) in [5.41, 5.74) is 1.78. The van der Waals surface area contributed by atoms with Crippen LogP contribution in [0.2, 0.25) is 0 Å². The molecule has 27 heavy (non-hydrogen) atoms. The van der Waals surface area contributed by atoms with E-state index in [2.05, 4.69) is 16.7 Å². The molecule has 1 aliphatic rings. The van der Waals surface area contributed by atoms with E-state index < -0.39 is 15.9 Å². The fourth-order valence-electron chi connectivity index (χ4n) is 3.03. The van der Waals surface area contributed by atoms with E-state index in [4.69, 9.17) is 0 Å². The molecule has 2 N–H and O–H groups in total. The lowest BCUT2D eigenvalue weighted by Gasteiger charge is -2.19. The van der Waals surface area contributed by atoms with E-state index in [0.717, 1.165) is 25.5 Å². The van der Waals surface area contributed by atoms with Crippen LogP contribution in [0.15, 0.2) is 42.0 Å². The van der Waals surface area contributed by atoms with E-state index in [0.29, 0.717) is 12.1 Å². The van der Waals surface area contributed by atoms with Crippen molar-refractivity contribution in [3.05, 3.63) is 47.5 Å². The number of nitrogens with one attached hydrogen (secondary N) is 2. The fourth-order valence-corrected chi connectivity index (χ4v) is 3.70. The summed E-state index contributed by atoms with van der Waals surface area (Å²) >= 11 is 0. The minimum atomic E-state index is -3.23. The zero-order valence-electron chi connectivity index (χ0n) is 15.7. The van der Waals surface area contributed by atoms with Gasteiger partial charge >= 0.3 is 0 Å². The number of amides is 2. The molecule has 0 heterocycles. The van der Waals surface area contributed by atoms with Crippen LogP contribution < -0.4 is 10.6 Å². The molecule has 1 atom stereocenters. The number of carbonyl (C=O) groups is 2.